The van der Waals surface area contributed by atoms with E-state index in [0.29, 0.717) is 9.37 Å². The van der Waals surface area contributed by atoms with Crippen molar-refractivity contribution >= 4 is 49.3 Å². The molecule has 0 saturated heterocycles. The van der Waals surface area contributed by atoms with Gasteiger partial charge in [0.05, 0.1) is 11.5 Å². The van der Waals surface area contributed by atoms with Gasteiger partial charge in [0.2, 0.25) is 0 Å². The van der Waals surface area contributed by atoms with E-state index in [-0.39, 0.29) is 17.1 Å². The number of ether oxygens (including phenoxy) is 1. The van der Waals surface area contributed by atoms with Gasteiger partial charge in [0, 0.05) is 21.2 Å². The van der Waals surface area contributed by atoms with E-state index in [1.165, 1.54) is 23.9 Å². The van der Waals surface area contributed by atoms with Crippen LogP contribution in [0.25, 0.3) is 0 Å². The Morgan fingerprint density at radius 3 is 2.40 bits per heavy atom. The molecule has 0 radical (unpaired) electrons. The molecule has 1 aromatic rings. The van der Waals surface area contributed by atoms with Gasteiger partial charge in [-0.15, -0.1) is 11.8 Å². The lowest BCUT2D eigenvalue weighted by atomic mass is 10.1. The van der Waals surface area contributed by atoms with E-state index in [4.69, 9.17) is 0 Å². The lowest BCUT2D eigenvalue weighted by Gasteiger charge is -2.10. The highest BCUT2D eigenvalue weighted by Gasteiger charge is 2.23. The summed E-state index contributed by atoms with van der Waals surface area (Å²) >= 11 is 4.45. The molecule has 0 aliphatic carbocycles. The highest BCUT2D eigenvalue weighted by atomic mass is 79.9. The summed E-state index contributed by atoms with van der Waals surface area (Å²) in [5, 5.41) is 0. The second kappa shape index (κ2) is 6.73. The lowest BCUT2D eigenvalue weighted by molar-refractivity contribution is -0.137. The van der Waals surface area contributed by atoms with Crippen LogP contribution in [0.15, 0.2) is 26.4 Å². The second-order valence-corrected chi connectivity index (χ2v) is 7.47. The minimum Gasteiger partial charge on any atom is -0.460 e. The maximum Gasteiger partial charge on any atom is 0.379 e. The van der Waals surface area contributed by atoms with Gasteiger partial charge in [0.15, 0.2) is 9.84 Å². The summed E-state index contributed by atoms with van der Waals surface area (Å²) in [5.41, 5.74) is -0.0199. The minimum absolute atomic E-state index is 0.00650. The predicted molar refractivity (Wildman–Crippen MR) is 80.0 cm³/mol. The molecule has 0 aromatic heterocycles. The van der Waals surface area contributed by atoms with Crippen molar-refractivity contribution in [2.24, 2.45) is 0 Å². The first-order valence-corrected chi connectivity index (χ1v) is 9.42. The molecule has 0 amide bonds. The molecule has 20 heavy (non-hydrogen) atoms. The van der Waals surface area contributed by atoms with Crippen LogP contribution < -0.4 is 0 Å². The molecule has 0 bridgehead atoms. The summed E-state index contributed by atoms with van der Waals surface area (Å²) in [4.78, 5) is 23.8. The first-order chi connectivity index (χ1) is 9.22. The number of benzene rings is 1. The van der Waals surface area contributed by atoms with Crippen LogP contribution in [0.3, 0.4) is 0 Å². The Morgan fingerprint density at radius 1 is 1.35 bits per heavy atom. The van der Waals surface area contributed by atoms with E-state index in [0.717, 1.165) is 6.26 Å². The molecule has 0 fully saturated rings. The number of sulfone groups is 1. The minimum atomic E-state index is -3.52. The summed E-state index contributed by atoms with van der Waals surface area (Å²) in [5.74, 6) is -1.87. The Labute approximate surface area is 130 Å². The van der Waals surface area contributed by atoms with E-state index in [1.807, 2.05) is 0 Å². The zero-order valence-corrected chi connectivity index (χ0v) is 14.3. The summed E-state index contributed by atoms with van der Waals surface area (Å²) < 4.78 is 28.6. The van der Waals surface area contributed by atoms with Crippen molar-refractivity contribution in [3.63, 3.8) is 0 Å². The molecule has 1 aromatic carbocycles. The molecule has 0 atom stereocenters. The fourth-order valence-corrected chi connectivity index (χ4v) is 4.57. The fourth-order valence-electron chi connectivity index (χ4n) is 1.49. The van der Waals surface area contributed by atoms with Crippen molar-refractivity contribution in [2.45, 2.75) is 16.7 Å². The zero-order chi connectivity index (χ0) is 15.5. The Hall–Kier alpha value is -0.860. The van der Waals surface area contributed by atoms with Crippen molar-refractivity contribution in [3.05, 3.63) is 22.2 Å². The largest absolute Gasteiger partial charge is 0.460 e. The molecule has 1 rings (SSSR count). The fraction of sp³-hybridized carbons (Fsp3) is 0.333. The van der Waals surface area contributed by atoms with E-state index in [1.54, 1.807) is 13.2 Å². The number of hydrogen-bond acceptors (Lipinski definition) is 6. The van der Waals surface area contributed by atoms with Gasteiger partial charge in [0.1, 0.15) is 0 Å². The first-order valence-electron chi connectivity index (χ1n) is 5.51. The molecule has 0 unspecified atom stereocenters. The highest BCUT2D eigenvalue weighted by molar-refractivity contribution is 9.10. The first kappa shape index (κ1) is 17.2. The van der Waals surface area contributed by atoms with Crippen molar-refractivity contribution < 1.29 is 22.7 Å². The summed E-state index contributed by atoms with van der Waals surface area (Å²) in [6.07, 6.45) is 2.77. The molecule has 0 spiro atoms. The Balaban J connectivity index is 3.43. The number of hydrogen-bond donors (Lipinski definition) is 0. The van der Waals surface area contributed by atoms with Gasteiger partial charge in [0.25, 0.3) is 5.78 Å². The molecular weight excluding hydrogens is 368 g/mol. The van der Waals surface area contributed by atoms with Crippen molar-refractivity contribution in [1.29, 1.82) is 0 Å². The number of thioether (sulfide) groups is 1. The molecule has 0 heterocycles. The van der Waals surface area contributed by atoms with E-state index in [2.05, 4.69) is 20.7 Å². The molecule has 5 nitrogen and oxygen atoms in total. The summed E-state index contributed by atoms with van der Waals surface area (Å²) in [7, 11) is -3.52. The maximum absolute atomic E-state index is 11.9. The van der Waals surface area contributed by atoms with Crippen LogP contribution in [0.4, 0.5) is 0 Å². The third-order valence-electron chi connectivity index (χ3n) is 2.34. The van der Waals surface area contributed by atoms with Gasteiger partial charge in [-0.1, -0.05) is 0 Å². The van der Waals surface area contributed by atoms with Crippen LogP contribution in [-0.4, -0.2) is 39.3 Å². The Morgan fingerprint density at radius 2 is 1.95 bits per heavy atom. The number of carbonyl (C=O) groups excluding carboxylic acids is 2. The van der Waals surface area contributed by atoms with E-state index in [9.17, 15) is 18.0 Å². The number of carbonyl (C=O) groups is 2. The summed E-state index contributed by atoms with van der Waals surface area (Å²) in [6.45, 7) is 1.66. The molecule has 8 heteroatoms. The Bertz CT molecular complexity index is 652. The number of rotatable bonds is 5. The van der Waals surface area contributed by atoms with Crippen molar-refractivity contribution in [1.82, 2.24) is 0 Å². The van der Waals surface area contributed by atoms with E-state index < -0.39 is 21.6 Å². The van der Waals surface area contributed by atoms with Crippen LogP contribution in [0.5, 0.6) is 0 Å². The topological polar surface area (TPSA) is 77.5 Å². The maximum atomic E-state index is 11.9. The quantitative estimate of drug-likeness (QED) is 0.337. The molecule has 0 N–H and O–H groups in total. The number of halogens is 1. The summed E-state index contributed by atoms with van der Waals surface area (Å²) in [6, 6.07) is 2.62. The smallest absolute Gasteiger partial charge is 0.379 e. The third kappa shape index (κ3) is 3.83. The normalized spacial score (nSPS) is 11.2. The van der Waals surface area contributed by atoms with Crippen LogP contribution in [0.1, 0.15) is 17.3 Å². The van der Waals surface area contributed by atoms with Crippen molar-refractivity contribution in [3.8, 4) is 0 Å². The van der Waals surface area contributed by atoms with Gasteiger partial charge in [-0.05, 0) is 41.2 Å². The van der Waals surface area contributed by atoms with Crippen LogP contribution in [-0.2, 0) is 19.4 Å². The SMILES string of the molecule is CCOC(=O)C(=O)c1cc(Br)c(SC)c(S(C)(=O)=O)c1. The predicted octanol–water partition coefficient (Wildman–Crippen LogP) is 2.32. The van der Waals surface area contributed by atoms with Gasteiger partial charge in [-0.25, -0.2) is 13.2 Å². The van der Waals surface area contributed by atoms with E-state index >= 15 is 0 Å². The van der Waals surface area contributed by atoms with Gasteiger partial charge in [-0.3, -0.25) is 4.79 Å². The molecule has 0 aliphatic heterocycles. The van der Waals surface area contributed by atoms with Crippen molar-refractivity contribution in [2.75, 3.05) is 19.1 Å². The van der Waals surface area contributed by atoms with Crippen LogP contribution in [0, 0.1) is 0 Å². The van der Waals surface area contributed by atoms with Gasteiger partial charge in [-0.2, -0.15) is 0 Å². The highest BCUT2D eigenvalue weighted by Crippen LogP contribution is 2.33. The average Bonchev–Trinajstić information content (AvgIpc) is 2.36. The number of Topliss-reactive ketones (excluding diaryl/α,β-unsaturated/α-hetero) is 1. The van der Waals surface area contributed by atoms with Gasteiger partial charge < -0.3 is 4.74 Å². The molecule has 110 valence electrons. The monoisotopic (exact) mass is 380 g/mol. The average molecular weight is 381 g/mol. The standard InChI is InChI=1S/C12H13BrO5S2/c1-4-18-12(15)10(14)7-5-8(13)11(19-2)9(6-7)20(3,16)17/h5-6H,4H2,1-3H3. The Kier molecular flexibility index (Phi) is 5.79. The van der Waals surface area contributed by atoms with Gasteiger partial charge >= 0.3 is 5.97 Å². The third-order valence-corrected chi connectivity index (χ3v) is 5.32. The number of esters is 1. The van der Waals surface area contributed by atoms with Crippen LogP contribution in [0.2, 0.25) is 0 Å². The number of ketones is 1. The molecule has 0 saturated carbocycles. The zero-order valence-electron chi connectivity index (χ0n) is 11.1. The molecular formula is C12H13BrO5S2. The molecule has 0 aliphatic rings. The second-order valence-electron chi connectivity index (χ2n) is 3.81. The lowest BCUT2D eigenvalue weighted by Crippen LogP contribution is -2.18. The van der Waals surface area contributed by atoms with Crippen LogP contribution >= 0.6 is 27.7 Å².